The Morgan fingerprint density at radius 1 is 1.14 bits per heavy atom. The van der Waals surface area contributed by atoms with Crippen molar-refractivity contribution < 1.29 is 24.0 Å². The number of hydrogen-bond acceptors (Lipinski definition) is 6. The SMILES string of the molecule is CCc1ccc(N2C(=O)NC(=O)C(=Cc3ccc(OC)c([N+](=O)[O-])c3)C2=O)cc1. The Kier molecular flexibility index (Phi) is 5.40. The Morgan fingerprint density at radius 3 is 2.41 bits per heavy atom. The molecule has 0 spiro atoms. The maximum absolute atomic E-state index is 12.9. The van der Waals surface area contributed by atoms with E-state index >= 15 is 0 Å². The summed E-state index contributed by atoms with van der Waals surface area (Å²) in [5.74, 6) is -1.65. The molecule has 9 heteroatoms. The quantitative estimate of drug-likeness (QED) is 0.360. The van der Waals surface area contributed by atoms with Gasteiger partial charge in [0.15, 0.2) is 5.75 Å². The van der Waals surface area contributed by atoms with Gasteiger partial charge in [0, 0.05) is 6.07 Å². The molecule has 0 radical (unpaired) electrons. The highest BCUT2D eigenvalue weighted by Gasteiger charge is 2.36. The van der Waals surface area contributed by atoms with E-state index in [1.165, 1.54) is 31.4 Å². The molecule has 29 heavy (non-hydrogen) atoms. The van der Waals surface area contributed by atoms with Crippen LogP contribution in [-0.4, -0.2) is 29.9 Å². The van der Waals surface area contributed by atoms with Crippen LogP contribution in [0.4, 0.5) is 16.2 Å². The number of carbonyl (C=O) groups is 3. The number of carbonyl (C=O) groups excluding carboxylic acids is 3. The highest BCUT2D eigenvalue weighted by molar-refractivity contribution is 6.39. The van der Waals surface area contributed by atoms with E-state index in [1.807, 2.05) is 6.92 Å². The molecule has 2 aromatic rings. The van der Waals surface area contributed by atoms with Gasteiger partial charge in [-0.15, -0.1) is 0 Å². The number of nitrogens with one attached hydrogen (secondary N) is 1. The lowest BCUT2D eigenvalue weighted by atomic mass is 10.1. The number of nitro benzene ring substituents is 1. The minimum atomic E-state index is -0.875. The molecule has 1 saturated heterocycles. The summed E-state index contributed by atoms with van der Waals surface area (Å²) < 4.78 is 4.94. The van der Waals surface area contributed by atoms with Gasteiger partial charge in [0.2, 0.25) is 0 Å². The average Bonchev–Trinajstić information content (AvgIpc) is 2.71. The normalized spacial score (nSPS) is 15.4. The summed E-state index contributed by atoms with van der Waals surface area (Å²) in [6, 6.07) is 9.94. The van der Waals surface area contributed by atoms with E-state index in [0.29, 0.717) is 5.69 Å². The molecule has 1 fully saturated rings. The molecule has 148 valence electrons. The lowest BCUT2D eigenvalue weighted by Gasteiger charge is -2.26. The number of hydrogen-bond donors (Lipinski definition) is 1. The summed E-state index contributed by atoms with van der Waals surface area (Å²) >= 11 is 0. The summed E-state index contributed by atoms with van der Waals surface area (Å²) in [5.41, 5.74) is 0.948. The lowest BCUT2D eigenvalue weighted by Crippen LogP contribution is -2.54. The first kappa shape index (κ1) is 19.7. The van der Waals surface area contributed by atoms with Crippen molar-refractivity contribution in [1.82, 2.24) is 5.32 Å². The molecule has 2 aromatic carbocycles. The number of benzene rings is 2. The molecule has 0 aliphatic carbocycles. The van der Waals surface area contributed by atoms with Crippen molar-refractivity contribution >= 4 is 35.3 Å². The third-order valence-electron chi connectivity index (χ3n) is 4.42. The molecule has 0 atom stereocenters. The minimum Gasteiger partial charge on any atom is -0.490 e. The van der Waals surface area contributed by atoms with Crippen molar-refractivity contribution in [3.05, 3.63) is 69.3 Å². The zero-order valence-corrected chi connectivity index (χ0v) is 15.7. The van der Waals surface area contributed by atoms with Gasteiger partial charge in [-0.1, -0.05) is 25.1 Å². The molecule has 1 N–H and O–H groups in total. The first-order valence-corrected chi connectivity index (χ1v) is 8.68. The van der Waals surface area contributed by atoms with Crippen molar-refractivity contribution in [1.29, 1.82) is 0 Å². The van der Waals surface area contributed by atoms with E-state index in [-0.39, 0.29) is 22.6 Å². The number of ether oxygens (including phenoxy) is 1. The Bertz CT molecular complexity index is 1040. The summed E-state index contributed by atoms with van der Waals surface area (Å²) in [4.78, 5) is 48.7. The fourth-order valence-electron chi connectivity index (χ4n) is 2.88. The molecule has 9 nitrogen and oxygen atoms in total. The van der Waals surface area contributed by atoms with Crippen molar-refractivity contribution in [2.45, 2.75) is 13.3 Å². The molecular weight excluding hydrogens is 378 g/mol. The number of amides is 4. The molecule has 0 saturated carbocycles. The fraction of sp³-hybridized carbons (Fsp3) is 0.150. The first-order valence-electron chi connectivity index (χ1n) is 8.68. The Morgan fingerprint density at radius 2 is 1.83 bits per heavy atom. The van der Waals surface area contributed by atoms with E-state index < -0.39 is 22.8 Å². The summed E-state index contributed by atoms with van der Waals surface area (Å²) in [5, 5.41) is 13.3. The summed E-state index contributed by atoms with van der Waals surface area (Å²) in [7, 11) is 1.30. The molecule has 3 rings (SSSR count). The number of urea groups is 1. The number of aryl methyl sites for hydroxylation is 1. The second-order valence-electron chi connectivity index (χ2n) is 6.17. The zero-order valence-electron chi connectivity index (χ0n) is 15.7. The molecule has 0 bridgehead atoms. The van der Waals surface area contributed by atoms with Crippen molar-refractivity contribution in [3.8, 4) is 5.75 Å². The van der Waals surface area contributed by atoms with Crippen LogP contribution in [0.3, 0.4) is 0 Å². The second kappa shape index (κ2) is 7.93. The van der Waals surface area contributed by atoms with E-state index in [1.54, 1.807) is 24.3 Å². The molecule has 1 aliphatic heterocycles. The number of barbiturate groups is 1. The molecule has 0 aromatic heterocycles. The van der Waals surface area contributed by atoms with Gasteiger partial charge in [-0.2, -0.15) is 0 Å². The fourth-order valence-corrected chi connectivity index (χ4v) is 2.88. The second-order valence-corrected chi connectivity index (χ2v) is 6.17. The van der Waals surface area contributed by atoms with Crippen LogP contribution >= 0.6 is 0 Å². The van der Waals surface area contributed by atoms with Crippen LogP contribution in [0.15, 0.2) is 48.0 Å². The number of anilines is 1. The number of imide groups is 2. The van der Waals surface area contributed by atoms with E-state index in [4.69, 9.17) is 4.74 Å². The maximum atomic E-state index is 12.9. The van der Waals surface area contributed by atoms with E-state index in [0.717, 1.165) is 16.9 Å². The standard InChI is InChI=1S/C20H17N3O6/c1-3-12-4-7-14(8-5-12)22-19(25)15(18(24)21-20(22)26)10-13-6-9-17(29-2)16(11-13)23(27)28/h4-11H,3H2,1-2H3,(H,21,24,26). The van der Waals surface area contributed by atoms with Crippen molar-refractivity contribution in [2.24, 2.45) is 0 Å². The van der Waals surface area contributed by atoms with Gasteiger partial charge in [-0.05, 0) is 41.8 Å². The van der Waals surface area contributed by atoms with Gasteiger partial charge in [-0.25, -0.2) is 9.69 Å². The Labute approximate surface area is 165 Å². The Balaban J connectivity index is 2.01. The Hall–Kier alpha value is -4.01. The predicted octanol–water partition coefficient (Wildman–Crippen LogP) is 2.83. The molecular formula is C20H17N3O6. The number of nitro groups is 1. The minimum absolute atomic E-state index is 0.0457. The smallest absolute Gasteiger partial charge is 0.335 e. The van der Waals surface area contributed by atoms with Crippen molar-refractivity contribution in [2.75, 3.05) is 12.0 Å². The van der Waals surface area contributed by atoms with Gasteiger partial charge in [-0.3, -0.25) is 25.0 Å². The van der Waals surface area contributed by atoms with Crippen molar-refractivity contribution in [3.63, 3.8) is 0 Å². The maximum Gasteiger partial charge on any atom is 0.335 e. The third-order valence-corrected chi connectivity index (χ3v) is 4.42. The summed E-state index contributed by atoms with van der Waals surface area (Å²) in [6.07, 6.45) is 1.99. The molecule has 1 aliphatic rings. The topological polar surface area (TPSA) is 119 Å². The van der Waals surface area contributed by atoms with Gasteiger partial charge in [0.1, 0.15) is 5.57 Å². The van der Waals surface area contributed by atoms with E-state index in [9.17, 15) is 24.5 Å². The molecule has 1 heterocycles. The monoisotopic (exact) mass is 395 g/mol. The number of methoxy groups -OCH3 is 1. The van der Waals surface area contributed by atoms with Crippen LogP contribution in [0.2, 0.25) is 0 Å². The molecule has 0 unspecified atom stereocenters. The zero-order chi connectivity index (χ0) is 21.1. The highest BCUT2D eigenvalue weighted by Crippen LogP contribution is 2.29. The van der Waals surface area contributed by atoms with E-state index in [2.05, 4.69) is 5.32 Å². The first-order chi connectivity index (χ1) is 13.8. The predicted molar refractivity (Wildman–Crippen MR) is 104 cm³/mol. The highest BCUT2D eigenvalue weighted by atomic mass is 16.6. The van der Waals surface area contributed by atoms with Crippen LogP contribution < -0.4 is 15.0 Å². The molecule has 4 amide bonds. The van der Waals surface area contributed by atoms with Gasteiger partial charge >= 0.3 is 11.7 Å². The van der Waals surface area contributed by atoms with Crippen LogP contribution in [0.25, 0.3) is 6.08 Å². The largest absolute Gasteiger partial charge is 0.490 e. The van der Waals surface area contributed by atoms with Gasteiger partial charge < -0.3 is 4.74 Å². The van der Waals surface area contributed by atoms with Gasteiger partial charge in [0.05, 0.1) is 17.7 Å². The average molecular weight is 395 g/mol. The number of nitrogens with zero attached hydrogens (tertiary/aromatic N) is 2. The third kappa shape index (κ3) is 3.84. The summed E-state index contributed by atoms with van der Waals surface area (Å²) in [6.45, 7) is 1.97. The van der Waals surface area contributed by atoms with Crippen LogP contribution in [0.5, 0.6) is 5.75 Å². The van der Waals surface area contributed by atoms with Crippen LogP contribution in [-0.2, 0) is 16.0 Å². The number of rotatable bonds is 5. The lowest BCUT2D eigenvalue weighted by molar-refractivity contribution is -0.385. The van der Waals surface area contributed by atoms with Crippen LogP contribution in [0.1, 0.15) is 18.1 Å². The van der Waals surface area contributed by atoms with Crippen LogP contribution in [0, 0.1) is 10.1 Å². The van der Waals surface area contributed by atoms with Gasteiger partial charge in [0.25, 0.3) is 11.8 Å².